The molecular formula is C30H25F4N5O8. The Morgan fingerprint density at radius 3 is 2.26 bits per heavy atom. The van der Waals surface area contributed by atoms with Crippen LogP contribution in [-0.4, -0.2) is 57.3 Å². The van der Waals surface area contributed by atoms with E-state index in [9.17, 15) is 22.8 Å². The van der Waals surface area contributed by atoms with E-state index in [-0.39, 0.29) is 34.5 Å². The standard InChI is InChI=1S/C28H24FN5O6.C2HF3O2/c1-38-22-9-14(8-17-12-32-27(31)33-26(17)30)7-16(25(22)39-2)4-3-15-10-21-19(11-20(15)29)24(35)23(40-28(36)37)13-34(21)18-5-6-18;3-2(4,5)1(6)7/h7,9-13,18H,5-6,8H2,1-2H3,(H,36,37)(H4,30,31,32,33);(H,6,7). The van der Waals surface area contributed by atoms with Crippen molar-refractivity contribution in [1.82, 2.24) is 14.5 Å². The summed E-state index contributed by atoms with van der Waals surface area (Å²) in [6, 6.07) is 6.09. The van der Waals surface area contributed by atoms with Gasteiger partial charge in [0.25, 0.3) is 0 Å². The normalized spacial score (nSPS) is 12.3. The molecule has 1 aliphatic rings. The first-order valence-corrected chi connectivity index (χ1v) is 13.4. The minimum atomic E-state index is -5.08. The smallest absolute Gasteiger partial charge is 0.493 e. The van der Waals surface area contributed by atoms with Crippen LogP contribution in [0.15, 0.2) is 41.5 Å². The Morgan fingerprint density at radius 2 is 1.70 bits per heavy atom. The number of fused-ring (bicyclic) bond motifs is 1. The molecule has 2 heterocycles. The lowest BCUT2D eigenvalue weighted by Crippen LogP contribution is -2.21. The number of methoxy groups -OCH3 is 2. The first kappa shape index (κ1) is 33.8. The van der Waals surface area contributed by atoms with E-state index in [1.54, 1.807) is 16.7 Å². The van der Waals surface area contributed by atoms with E-state index in [0.717, 1.165) is 24.5 Å². The van der Waals surface area contributed by atoms with Gasteiger partial charge in [0.15, 0.2) is 17.2 Å². The molecular weight excluding hydrogens is 634 g/mol. The number of hydrogen-bond acceptors (Lipinski definition) is 10. The van der Waals surface area contributed by atoms with E-state index in [1.807, 2.05) is 0 Å². The zero-order valence-corrected chi connectivity index (χ0v) is 24.5. The Morgan fingerprint density at radius 1 is 1.04 bits per heavy atom. The third-order valence-electron chi connectivity index (χ3n) is 6.65. The van der Waals surface area contributed by atoms with Gasteiger partial charge in [-0.25, -0.2) is 19.0 Å². The van der Waals surface area contributed by atoms with Crippen molar-refractivity contribution in [2.45, 2.75) is 31.5 Å². The van der Waals surface area contributed by atoms with Crippen molar-refractivity contribution < 1.29 is 51.6 Å². The van der Waals surface area contributed by atoms with Gasteiger partial charge in [-0.15, -0.1) is 0 Å². The summed E-state index contributed by atoms with van der Waals surface area (Å²) in [4.78, 5) is 40.8. The Kier molecular flexibility index (Phi) is 9.73. The number of carboxylic acid groups (broad SMARTS) is 2. The van der Waals surface area contributed by atoms with Crippen molar-refractivity contribution in [3.63, 3.8) is 0 Å². The highest BCUT2D eigenvalue weighted by molar-refractivity contribution is 5.83. The first-order valence-electron chi connectivity index (χ1n) is 13.4. The largest absolute Gasteiger partial charge is 0.511 e. The van der Waals surface area contributed by atoms with Crippen molar-refractivity contribution in [2.75, 3.05) is 25.7 Å². The second-order valence-electron chi connectivity index (χ2n) is 9.93. The van der Waals surface area contributed by atoms with Gasteiger partial charge in [0.05, 0.1) is 42.4 Å². The number of halogens is 4. The molecule has 6 N–H and O–H groups in total. The van der Waals surface area contributed by atoms with Crippen LogP contribution in [0.1, 0.15) is 41.1 Å². The van der Waals surface area contributed by atoms with E-state index in [0.29, 0.717) is 34.6 Å². The number of carbonyl (C=O) groups is 2. The van der Waals surface area contributed by atoms with Crippen molar-refractivity contribution in [3.8, 4) is 29.1 Å². The number of pyridine rings is 1. The zero-order chi connectivity index (χ0) is 34.6. The second kappa shape index (κ2) is 13.5. The summed E-state index contributed by atoms with van der Waals surface area (Å²) in [7, 11) is 2.96. The molecule has 13 nitrogen and oxygen atoms in total. The molecule has 17 heteroatoms. The lowest BCUT2D eigenvalue weighted by atomic mass is 10.0. The lowest BCUT2D eigenvalue weighted by Gasteiger charge is -2.13. The van der Waals surface area contributed by atoms with Gasteiger partial charge in [-0.05, 0) is 42.7 Å². The number of hydrogen-bond donors (Lipinski definition) is 4. The third-order valence-corrected chi connectivity index (χ3v) is 6.65. The topological polar surface area (TPSA) is 202 Å². The Balaban J connectivity index is 0.000000644. The predicted octanol–water partition coefficient (Wildman–Crippen LogP) is 4.13. The van der Waals surface area contributed by atoms with Crippen LogP contribution in [0.2, 0.25) is 0 Å². The number of aromatic nitrogens is 3. The van der Waals surface area contributed by atoms with Gasteiger partial charge in [0.1, 0.15) is 11.6 Å². The molecule has 0 unspecified atom stereocenters. The van der Waals surface area contributed by atoms with Gasteiger partial charge in [0.2, 0.25) is 11.4 Å². The van der Waals surface area contributed by atoms with Crippen molar-refractivity contribution in [1.29, 1.82) is 0 Å². The van der Waals surface area contributed by atoms with Crippen LogP contribution in [-0.2, 0) is 11.2 Å². The number of benzene rings is 2. The summed E-state index contributed by atoms with van der Waals surface area (Å²) in [5, 5.41) is 16.1. The van der Waals surface area contributed by atoms with E-state index in [4.69, 9.17) is 35.9 Å². The maximum atomic E-state index is 15.2. The monoisotopic (exact) mass is 659 g/mol. The molecule has 47 heavy (non-hydrogen) atoms. The fraction of sp³-hybridized carbons (Fsp3) is 0.233. The molecule has 246 valence electrons. The Bertz CT molecular complexity index is 2000. The fourth-order valence-electron chi connectivity index (χ4n) is 4.40. The van der Waals surface area contributed by atoms with Crippen LogP contribution in [0.4, 0.5) is 34.1 Å². The summed E-state index contributed by atoms with van der Waals surface area (Å²) < 4.78 is 64.3. The van der Waals surface area contributed by atoms with Gasteiger partial charge >= 0.3 is 18.3 Å². The minimum Gasteiger partial charge on any atom is -0.493 e. The van der Waals surface area contributed by atoms with E-state index < -0.39 is 29.5 Å². The first-order chi connectivity index (χ1) is 22.1. The second-order valence-corrected chi connectivity index (χ2v) is 9.93. The van der Waals surface area contributed by atoms with Crippen LogP contribution in [0.25, 0.3) is 10.9 Å². The molecule has 2 aromatic carbocycles. The number of nitrogens with zero attached hydrogens (tertiary/aromatic N) is 3. The van der Waals surface area contributed by atoms with Crippen LogP contribution in [0.3, 0.4) is 0 Å². The lowest BCUT2D eigenvalue weighted by molar-refractivity contribution is -0.192. The maximum absolute atomic E-state index is 15.2. The number of nitrogen functional groups attached to an aromatic ring is 2. The van der Waals surface area contributed by atoms with Crippen LogP contribution in [0.5, 0.6) is 17.2 Å². The van der Waals surface area contributed by atoms with Crippen molar-refractivity contribution in [2.24, 2.45) is 0 Å². The van der Waals surface area contributed by atoms with Gasteiger partial charge in [-0.3, -0.25) is 4.79 Å². The molecule has 1 aliphatic carbocycles. The number of alkyl halides is 3. The maximum Gasteiger partial charge on any atom is 0.511 e. The molecule has 0 spiro atoms. The minimum absolute atomic E-state index is 0.00162. The summed E-state index contributed by atoms with van der Waals surface area (Å²) in [5.41, 5.74) is 13.2. The molecule has 1 fully saturated rings. The molecule has 0 saturated heterocycles. The van der Waals surface area contributed by atoms with Gasteiger partial charge in [-0.1, -0.05) is 11.8 Å². The summed E-state index contributed by atoms with van der Waals surface area (Å²) in [5.74, 6) is 2.98. The average molecular weight is 660 g/mol. The number of ether oxygens (including phenoxy) is 3. The van der Waals surface area contributed by atoms with Crippen molar-refractivity contribution in [3.05, 3.63) is 75.0 Å². The van der Waals surface area contributed by atoms with E-state index in [1.165, 1.54) is 32.7 Å². The van der Waals surface area contributed by atoms with E-state index >= 15 is 4.39 Å². The molecule has 4 aromatic rings. The summed E-state index contributed by atoms with van der Waals surface area (Å²) >= 11 is 0. The quantitative estimate of drug-likeness (QED) is 0.131. The molecule has 0 atom stereocenters. The third kappa shape index (κ3) is 7.97. The van der Waals surface area contributed by atoms with Gasteiger partial charge in [0, 0.05) is 24.2 Å². The van der Waals surface area contributed by atoms with Gasteiger partial charge < -0.3 is 40.5 Å². The van der Waals surface area contributed by atoms with Gasteiger partial charge in [-0.2, -0.15) is 18.2 Å². The number of nitrogens with two attached hydrogens (primary N) is 2. The summed E-state index contributed by atoms with van der Waals surface area (Å²) in [6.07, 6.45) is -1.82. The number of carboxylic acids is 1. The summed E-state index contributed by atoms with van der Waals surface area (Å²) in [6.45, 7) is 0. The molecule has 0 aliphatic heterocycles. The Hall–Kier alpha value is -6.05. The molecule has 0 amide bonds. The molecule has 1 saturated carbocycles. The van der Waals surface area contributed by atoms with Crippen LogP contribution < -0.4 is 31.1 Å². The molecule has 0 bridgehead atoms. The molecule has 5 rings (SSSR count). The van der Waals surface area contributed by atoms with Crippen LogP contribution in [0, 0.1) is 17.7 Å². The fourth-order valence-corrected chi connectivity index (χ4v) is 4.40. The highest BCUT2D eigenvalue weighted by atomic mass is 19.4. The highest BCUT2D eigenvalue weighted by Crippen LogP contribution is 2.38. The molecule has 2 aromatic heterocycles. The number of anilines is 2. The van der Waals surface area contributed by atoms with Crippen LogP contribution >= 0.6 is 0 Å². The predicted molar refractivity (Wildman–Crippen MR) is 158 cm³/mol. The number of rotatable bonds is 6. The Labute approximate surface area is 262 Å². The molecule has 0 radical (unpaired) electrons. The van der Waals surface area contributed by atoms with Crippen molar-refractivity contribution >= 4 is 34.8 Å². The van der Waals surface area contributed by atoms with E-state index in [2.05, 4.69) is 26.5 Å². The SMILES string of the molecule is COc1cc(Cc2cnc(N)nc2N)cc(C#Cc2cc3c(cc2F)c(=O)c(OC(=O)O)cn3C2CC2)c1OC.O=C(O)C(F)(F)F. The highest BCUT2D eigenvalue weighted by Gasteiger charge is 2.38. The zero-order valence-electron chi connectivity index (χ0n) is 24.5. The average Bonchev–Trinajstić information content (AvgIpc) is 3.84. The number of aliphatic carboxylic acids is 1.